The third kappa shape index (κ3) is 9.92. The van der Waals surface area contributed by atoms with Crippen molar-refractivity contribution >= 4 is 39.7 Å². The second-order valence-electron chi connectivity index (χ2n) is 10.8. The van der Waals surface area contributed by atoms with E-state index in [0.29, 0.717) is 36.3 Å². The fourth-order valence-corrected chi connectivity index (χ4v) is 5.74. The maximum atomic E-state index is 12.8. The fraction of sp³-hybridized carbons (Fsp3) is 0.419. The molecule has 0 radical (unpaired) electrons. The standard InChI is InChI=1S/C31H43N7O4S/c1-31(36-26-8-5-7-25(21-26)34-29(39)9-6-14-38-17-15-37(2)16-18-38)23-33-30(32-22-28(31)43(4)40)35-24-10-12-27(13-11-24)42-20-19-41-3/h5-13,21-22,36H,14-20,23H2,1-4H3,(H,34,39)(H2,32,33,35)/b9-6+. The summed E-state index contributed by atoms with van der Waals surface area (Å²) in [6.45, 7) is 8.13. The molecule has 2 unspecified atom stereocenters. The number of benzene rings is 2. The molecule has 0 spiro atoms. The molecule has 1 saturated heterocycles. The van der Waals surface area contributed by atoms with Crippen molar-refractivity contribution in [3.63, 3.8) is 0 Å². The maximum Gasteiger partial charge on any atom is 0.248 e. The zero-order valence-corrected chi connectivity index (χ0v) is 26.2. The SMILES string of the molecule is COCCOc1ccc(NC2=NCC(C)(Nc3cccc(NC(=O)/C=C/CN4CCN(C)CC4)c3)C(S(C)=O)=CN2)cc1. The summed E-state index contributed by atoms with van der Waals surface area (Å²) in [5.41, 5.74) is 1.52. The zero-order chi connectivity index (χ0) is 30.7. The van der Waals surface area contributed by atoms with Gasteiger partial charge in [-0.25, -0.2) is 4.99 Å². The third-order valence-electron chi connectivity index (χ3n) is 7.20. The number of nitrogens with one attached hydrogen (secondary N) is 4. The van der Waals surface area contributed by atoms with E-state index in [4.69, 9.17) is 14.5 Å². The summed E-state index contributed by atoms with van der Waals surface area (Å²) < 4.78 is 23.5. The lowest BCUT2D eigenvalue weighted by atomic mass is 10.0. The molecule has 0 aromatic heterocycles. The van der Waals surface area contributed by atoms with Crippen molar-refractivity contribution in [2.45, 2.75) is 12.5 Å². The van der Waals surface area contributed by atoms with Crippen LogP contribution in [0.25, 0.3) is 0 Å². The second-order valence-corrected chi connectivity index (χ2v) is 12.1. The van der Waals surface area contributed by atoms with Gasteiger partial charge in [-0.3, -0.25) is 13.9 Å². The molecule has 2 aliphatic rings. The minimum Gasteiger partial charge on any atom is -0.491 e. The first-order valence-electron chi connectivity index (χ1n) is 14.3. The molecule has 1 amide bonds. The van der Waals surface area contributed by atoms with E-state index in [1.165, 1.54) is 0 Å². The lowest BCUT2D eigenvalue weighted by Gasteiger charge is -2.31. The Morgan fingerprint density at radius 2 is 1.84 bits per heavy atom. The second kappa shape index (κ2) is 15.7. The van der Waals surface area contributed by atoms with Crippen molar-refractivity contribution < 1.29 is 18.5 Å². The number of hydrogen-bond acceptors (Lipinski definition) is 10. The number of anilines is 3. The van der Waals surface area contributed by atoms with Crippen molar-refractivity contribution in [2.24, 2.45) is 4.99 Å². The maximum absolute atomic E-state index is 12.8. The molecule has 43 heavy (non-hydrogen) atoms. The molecule has 2 aliphatic heterocycles. The molecule has 0 saturated carbocycles. The van der Waals surface area contributed by atoms with Gasteiger partial charge in [0.1, 0.15) is 12.4 Å². The lowest BCUT2D eigenvalue weighted by Crippen LogP contribution is -2.44. The zero-order valence-electron chi connectivity index (χ0n) is 25.4. The van der Waals surface area contributed by atoms with Crippen molar-refractivity contribution in [1.29, 1.82) is 0 Å². The van der Waals surface area contributed by atoms with Crippen LogP contribution in [0.4, 0.5) is 17.1 Å². The number of likely N-dealkylation sites (N-methyl/N-ethyl adjacent to an activating group) is 1. The number of ether oxygens (including phenoxy) is 2. The first kappa shape index (κ1) is 32.2. The number of nitrogens with zero attached hydrogens (tertiary/aromatic N) is 3. The molecule has 0 aliphatic carbocycles. The number of hydrogen-bond donors (Lipinski definition) is 4. The van der Waals surface area contributed by atoms with Gasteiger partial charge in [-0.15, -0.1) is 0 Å². The monoisotopic (exact) mass is 609 g/mol. The Balaban J connectivity index is 1.37. The van der Waals surface area contributed by atoms with Gasteiger partial charge in [-0.2, -0.15) is 0 Å². The van der Waals surface area contributed by atoms with Gasteiger partial charge in [-0.1, -0.05) is 12.1 Å². The van der Waals surface area contributed by atoms with E-state index in [1.807, 2.05) is 61.5 Å². The van der Waals surface area contributed by atoms with Gasteiger partial charge in [0, 0.05) is 86.2 Å². The minimum absolute atomic E-state index is 0.179. The van der Waals surface area contributed by atoms with Gasteiger partial charge in [0.15, 0.2) is 5.96 Å². The predicted molar refractivity (Wildman–Crippen MR) is 175 cm³/mol. The van der Waals surface area contributed by atoms with Crippen molar-refractivity contribution in [2.75, 3.05) is 88.8 Å². The summed E-state index contributed by atoms with van der Waals surface area (Å²) in [5.74, 6) is 1.10. The number of piperazine rings is 1. The van der Waals surface area contributed by atoms with Gasteiger partial charge in [0.2, 0.25) is 5.91 Å². The van der Waals surface area contributed by atoms with E-state index in [-0.39, 0.29) is 5.91 Å². The number of methoxy groups -OCH3 is 1. The highest BCUT2D eigenvalue weighted by Crippen LogP contribution is 2.28. The Labute approximate surface area is 256 Å². The Kier molecular flexibility index (Phi) is 11.7. The van der Waals surface area contributed by atoms with Crippen molar-refractivity contribution in [3.05, 3.63) is 71.8 Å². The summed E-state index contributed by atoms with van der Waals surface area (Å²) >= 11 is 0. The van der Waals surface area contributed by atoms with Crippen LogP contribution < -0.4 is 26.0 Å². The summed E-state index contributed by atoms with van der Waals surface area (Å²) in [7, 11) is 2.49. The van der Waals surface area contributed by atoms with Gasteiger partial charge in [-0.05, 0) is 56.4 Å². The molecule has 11 nitrogen and oxygen atoms in total. The molecule has 232 valence electrons. The molecule has 12 heteroatoms. The quantitative estimate of drug-likeness (QED) is 0.213. The number of carbonyl (C=O) groups excluding carboxylic acids is 1. The number of carbonyl (C=O) groups is 1. The van der Waals surface area contributed by atoms with Crippen LogP contribution in [0.15, 0.2) is 76.8 Å². The Bertz CT molecular complexity index is 1340. The summed E-state index contributed by atoms with van der Waals surface area (Å²) in [5, 5.41) is 12.9. The number of aliphatic imine (C=N–C) groups is 1. The van der Waals surface area contributed by atoms with Crippen molar-refractivity contribution in [1.82, 2.24) is 15.1 Å². The van der Waals surface area contributed by atoms with Crippen molar-refractivity contribution in [3.8, 4) is 5.75 Å². The predicted octanol–water partition coefficient (Wildman–Crippen LogP) is 2.92. The van der Waals surface area contributed by atoms with Gasteiger partial charge >= 0.3 is 0 Å². The minimum atomic E-state index is -1.27. The Morgan fingerprint density at radius 3 is 2.56 bits per heavy atom. The van der Waals surface area contributed by atoms with E-state index < -0.39 is 16.3 Å². The van der Waals surface area contributed by atoms with E-state index >= 15 is 0 Å². The van der Waals surface area contributed by atoms with Crippen LogP contribution in [-0.4, -0.2) is 104 Å². The smallest absolute Gasteiger partial charge is 0.248 e. The highest BCUT2D eigenvalue weighted by molar-refractivity contribution is 7.88. The lowest BCUT2D eigenvalue weighted by molar-refractivity contribution is -0.111. The molecule has 2 aromatic carbocycles. The van der Waals surface area contributed by atoms with Gasteiger partial charge < -0.3 is 35.6 Å². The van der Waals surface area contributed by atoms with Crippen LogP contribution in [0, 0.1) is 0 Å². The average Bonchev–Trinajstić information content (AvgIpc) is 3.14. The first-order chi connectivity index (χ1) is 20.7. The largest absolute Gasteiger partial charge is 0.491 e. The summed E-state index contributed by atoms with van der Waals surface area (Å²) in [6, 6.07) is 15.0. The highest BCUT2D eigenvalue weighted by Gasteiger charge is 2.33. The summed E-state index contributed by atoms with van der Waals surface area (Å²) in [4.78, 5) is 22.6. The number of amides is 1. The summed E-state index contributed by atoms with van der Waals surface area (Å²) in [6.07, 6.45) is 6.88. The molecular formula is C31H43N7O4S. The van der Waals surface area contributed by atoms with Gasteiger partial charge in [0.25, 0.3) is 0 Å². The molecule has 0 bridgehead atoms. The van der Waals surface area contributed by atoms with Gasteiger partial charge in [0.05, 0.1) is 23.6 Å². The van der Waals surface area contributed by atoms with E-state index in [9.17, 15) is 9.00 Å². The molecule has 2 heterocycles. The topological polar surface area (TPSA) is 120 Å². The molecule has 2 atom stereocenters. The molecule has 1 fully saturated rings. The average molecular weight is 610 g/mol. The number of rotatable bonds is 12. The normalized spacial score (nSPS) is 20.4. The number of guanidine groups is 1. The van der Waals surface area contributed by atoms with E-state index in [1.54, 1.807) is 25.6 Å². The van der Waals surface area contributed by atoms with E-state index in [0.717, 1.165) is 49.8 Å². The molecular weight excluding hydrogens is 566 g/mol. The van der Waals surface area contributed by atoms with E-state index in [2.05, 4.69) is 38.1 Å². The highest BCUT2D eigenvalue weighted by atomic mass is 32.2. The van der Waals surface area contributed by atoms with Crippen LogP contribution >= 0.6 is 0 Å². The molecule has 2 aromatic rings. The van der Waals surface area contributed by atoms with Crippen LogP contribution in [0.5, 0.6) is 5.75 Å². The molecule has 4 rings (SSSR count). The Morgan fingerprint density at radius 1 is 1.09 bits per heavy atom. The fourth-order valence-electron chi connectivity index (χ4n) is 4.76. The van der Waals surface area contributed by atoms with Crippen LogP contribution in [-0.2, 0) is 20.3 Å². The molecule has 4 N–H and O–H groups in total. The first-order valence-corrected chi connectivity index (χ1v) is 15.9. The van der Waals surface area contributed by atoms with Crippen LogP contribution in [0.2, 0.25) is 0 Å². The van der Waals surface area contributed by atoms with Crippen LogP contribution in [0.3, 0.4) is 0 Å². The van der Waals surface area contributed by atoms with Crippen LogP contribution in [0.1, 0.15) is 6.92 Å². The Hall–Kier alpha value is -3.71. The third-order valence-corrected chi connectivity index (χ3v) is 8.39.